The molecular weight excluding hydrogens is 130 g/mol. The Kier molecular flexibility index (Phi) is 3.90. The van der Waals surface area contributed by atoms with Crippen molar-refractivity contribution in [2.24, 2.45) is 4.99 Å². The van der Waals surface area contributed by atoms with Crippen LogP contribution < -0.4 is 0 Å². The second kappa shape index (κ2) is 4.22. The monoisotopic (exact) mass is 139 g/mol. The molecule has 0 atom stereocenters. The number of hydrogen-bond acceptors (Lipinski definition) is 2. The molecule has 0 saturated carbocycles. The number of hydrogen-bond donors (Lipinski definition) is 0. The summed E-state index contributed by atoms with van der Waals surface area (Å²) in [7, 11) is 0. The van der Waals surface area contributed by atoms with Crippen LogP contribution >= 0.6 is 11.8 Å². The Morgan fingerprint density at radius 1 is 1.78 bits per heavy atom. The van der Waals surface area contributed by atoms with Crippen LogP contribution in [0.2, 0.25) is 0 Å². The summed E-state index contributed by atoms with van der Waals surface area (Å²) in [6, 6.07) is 0. The normalized spacial score (nSPS) is 10.6. The van der Waals surface area contributed by atoms with Crippen LogP contribution in [0.4, 0.5) is 0 Å². The van der Waals surface area contributed by atoms with Crippen LogP contribution in [0.3, 0.4) is 0 Å². The van der Waals surface area contributed by atoms with Gasteiger partial charge in [0.25, 0.3) is 0 Å². The van der Waals surface area contributed by atoms with Crippen LogP contribution in [0.1, 0.15) is 6.92 Å². The van der Waals surface area contributed by atoms with Gasteiger partial charge in [-0.05, 0) is 19.1 Å². The van der Waals surface area contributed by atoms with Gasteiger partial charge in [-0.15, -0.1) is 18.2 Å². The number of rotatable bonds is 1. The van der Waals surface area contributed by atoms with Gasteiger partial charge in [0.05, 0.1) is 0 Å². The van der Waals surface area contributed by atoms with Crippen molar-refractivity contribution in [3.63, 3.8) is 0 Å². The fourth-order valence-electron chi connectivity index (χ4n) is 0.310. The Morgan fingerprint density at radius 2 is 2.33 bits per heavy atom. The number of nitrogens with zero attached hydrogens (tertiary/aromatic N) is 1. The molecule has 0 rings (SSSR count). The summed E-state index contributed by atoms with van der Waals surface area (Å²) in [4.78, 5) is 3.96. The van der Waals surface area contributed by atoms with E-state index in [9.17, 15) is 0 Å². The molecule has 0 aromatic carbocycles. The predicted octanol–water partition coefficient (Wildman–Crippen LogP) is 1.91. The van der Waals surface area contributed by atoms with Gasteiger partial charge in [0.2, 0.25) is 0 Å². The molecule has 0 saturated heterocycles. The summed E-state index contributed by atoms with van der Waals surface area (Å²) in [6.07, 6.45) is 6.98. The fraction of sp³-hybridized carbons (Fsp3) is 0.286. The van der Waals surface area contributed by atoms with Gasteiger partial charge in [0, 0.05) is 5.70 Å². The first-order chi connectivity index (χ1) is 4.20. The molecule has 0 N–H and O–H groups in total. The quantitative estimate of drug-likeness (QED) is 0.307. The summed E-state index contributed by atoms with van der Waals surface area (Å²) >= 11 is 1.45. The maximum atomic E-state index is 5.09. The molecule has 0 aliphatic carbocycles. The Hall–Kier alpha value is -0.680. The second-order valence-corrected chi connectivity index (χ2v) is 2.30. The molecule has 2 heteroatoms. The minimum absolute atomic E-state index is 0.683. The smallest absolute Gasteiger partial charge is 0.146 e. The highest BCUT2D eigenvalue weighted by Gasteiger charge is 1.87. The van der Waals surface area contributed by atoms with E-state index in [0.29, 0.717) is 5.04 Å². The number of allylic oxidation sites excluding steroid dienone is 1. The summed E-state index contributed by atoms with van der Waals surface area (Å²) < 4.78 is 0. The minimum Gasteiger partial charge on any atom is -0.238 e. The van der Waals surface area contributed by atoms with Crippen LogP contribution in [-0.4, -0.2) is 11.3 Å². The molecule has 0 spiro atoms. The molecule has 1 nitrogen and oxygen atoms in total. The lowest BCUT2D eigenvalue weighted by atomic mass is 10.6. The van der Waals surface area contributed by atoms with Crippen molar-refractivity contribution in [2.75, 3.05) is 6.26 Å². The van der Waals surface area contributed by atoms with Gasteiger partial charge < -0.3 is 0 Å². The SMILES string of the molecule is C#CC(=NC(=C)C)SC. The predicted molar refractivity (Wildman–Crippen MR) is 44.6 cm³/mol. The van der Waals surface area contributed by atoms with E-state index in [1.807, 2.05) is 13.2 Å². The van der Waals surface area contributed by atoms with Gasteiger partial charge in [-0.1, -0.05) is 6.58 Å². The molecule has 0 bridgehead atoms. The summed E-state index contributed by atoms with van der Waals surface area (Å²) in [5, 5.41) is 0.683. The van der Waals surface area contributed by atoms with Crippen molar-refractivity contribution in [3.05, 3.63) is 12.3 Å². The number of aliphatic imine (C=N–C) groups is 1. The van der Waals surface area contributed by atoms with Crippen LogP contribution in [0.25, 0.3) is 0 Å². The molecule has 0 fully saturated rings. The number of thioether (sulfide) groups is 1. The molecule has 9 heavy (non-hydrogen) atoms. The Balaban J connectivity index is 4.13. The topological polar surface area (TPSA) is 12.4 Å². The van der Waals surface area contributed by atoms with Gasteiger partial charge >= 0.3 is 0 Å². The zero-order valence-corrected chi connectivity index (χ0v) is 6.46. The van der Waals surface area contributed by atoms with Crippen molar-refractivity contribution in [1.29, 1.82) is 0 Å². The van der Waals surface area contributed by atoms with Crippen LogP contribution in [-0.2, 0) is 0 Å². The molecule has 48 valence electrons. The lowest BCUT2D eigenvalue weighted by Crippen LogP contribution is -1.83. The zero-order valence-electron chi connectivity index (χ0n) is 5.64. The van der Waals surface area contributed by atoms with Gasteiger partial charge in [-0.3, -0.25) is 0 Å². The average Bonchev–Trinajstić information content (AvgIpc) is 1.82. The van der Waals surface area contributed by atoms with E-state index in [1.54, 1.807) is 0 Å². The van der Waals surface area contributed by atoms with E-state index in [0.717, 1.165) is 5.70 Å². The van der Waals surface area contributed by atoms with Crippen molar-refractivity contribution in [1.82, 2.24) is 0 Å². The molecule has 0 aromatic heterocycles. The largest absolute Gasteiger partial charge is 0.238 e. The molecule has 0 unspecified atom stereocenters. The van der Waals surface area contributed by atoms with Gasteiger partial charge in [0.15, 0.2) is 0 Å². The van der Waals surface area contributed by atoms with Crippen LogP contribution in [0.5, 0.6) is 0 Å². The average molecular weight is 139 g/mol. The first-order valence-corrected chi connectivity index (χ1v) is 3.68. The third kappa shape index (κ3) is 3.87. The maximum absolute atomic E-state index is 5.09. The minimum atomic E-state index is 0.683. The first kappa shape index (κ1) is 8.32. The van der Waals surface area contributed by atoms with Gasteiger partial charge in [0.1, 0.15) is 5.04 Å². The van der Waals surface area contributed by atoms with Gasteiger partial charge in [-0.2, -0.15) is 0 Å². The second-order valence-electron chi connectivity index (χ2n) is 1.50. The van der Waals surface area contributed by atoms with E-state index in [2.05, 4.69) is 17.5 Å². The lowest BCUT2D eigenvalue weighted by molar-refractivity contribution is 1.34. The molecule has 0 aliphatic heterocycles. The molecular formula is C7H9NS. The van der Waals surface area contributed by atoms with Crippen LogP contribution in [0, 0.1) is 12.3 Å². The molecule has 0 amide bonds. The van der Waals surface area contributed by atoms with E-state index in [-0.39, 0.29) is 0 Å². The van der Waals surface area contributed by atoms with E-state index in [1.165, 1.54) is 11.8 Å². The van der Waals surface area contributed by atoms with E-state index in [4.69, 9.17) is 6.42 Å². The standard InChI is InChI=1S/C7H9NS/c1-5-7(9-4)8-6(2)3/h1H,2H2,3-4H3. The third-order valence-electron chi connectivity index (χ3n) is 0.609. The molecule has 0 aliphatic rings. The lowest BCUT2D eigenvalue weighted by Gasteiger charge is -1.90. The Morgan fingerprint density at radius 3 is 2.44 bits per heavy atom. The molecule has 0 radical (unpaired) electrons. The van der Waals surface area contributed by atoms with Gasteiger partial charge in [-0.25, -0.2) is 4.99 Å². The van der Waals surface area contributed by atoms with E-state index >= 15 is 0 Å². The van der Waals surface area contributed by atoms with Crippen molar-refractivity contribution in [3.8, 4) is 12.3 Å². The third-order valence-corrected chi connectivity index (χ3v) is 1.21. The van der Waals surface area contributed by atoms with Crippen molar-refractivity contribution < 1.29 is 0 Å². The molecule has 0 heterocycles. The highest BCUT2D eigenvalue weighted by Crippen LogP contribution is 2.00. The van der Waals surface area contributed by atoms with Crippen molar-refractivity contribution >= 4 is 16.8 Å². The Labute approximate surface area is 60.3 Å². The number of terminal acetylenes is 1. The summed E-state index contributed by atoms with van der Waals surface area (Å²) in [6.45, 7) is 5.41. The molecule has 0 aromatic rings. The highest BCUT2D eigenvalue weighted by molar-refractivity contribution is 8.13. The van der Waals surface area contributed by atoms with Crippen LogP contribution in [0.15, 0.2) is 17.3 Å². The first-order valence-electron chi connectivity index (χ1n) is 2.45. The summed E-state index contributed by atoms with van der Waals surface area (Å²) in [5.74, 6) is 2.44. The zero-order chi connectivity index (χ0) is 7.28. The van der Waals surface area contributed by atoms with Crippen molar-refractivity contribution in [2.45, 2.75) is 6.92 Å². The van der Waals surface area contributed by atoms with E-state index < -0.39 is 0 Å². The fourth-order valence-corrected chi connectivity index (χ4v) is 0.675. The maximum Gasteiger partial charge on any atom is 0.146 e. The highest BCUT2D eigenvalue weighted by atomic mass is 32.2. The Bertz CT molecular complexity index is 174. The summed E-state index contributed by atoms with van der Waals surface area (Å²) in [5.41, 5.74) is 0.748.